The molecule has 4 rings (SSSR count). The van der Waals surface area contributed by atoms with Gasteiger partial charge in [0.25, 0.3) is 5.91 Å². The molecule has 2 aromatic heterocycles. The van der Waals surface area contributed by atoms with Gasteiger partial charge in [0.1, 0.15) is 27.3 Å². The highest BCUT2D eigenvalue weighted by molar-refractivity contribution is 7.19. The molecule has 1 saturated heterocycles. The molecule has 3 heterocycles. The van der Waals surface area contributed by atoms with E-state index in [4.69, 9.17) is 11.0 Å². The topological polar surface area (TPSA) is 113 Å². The minimum absolute atomic E-state index is 0.0106. The lowest BCUT2D eigenvalue weighted by atomic mass is 10.1. The number of carbonyl (C=O) groups excluding carboxylic acids is 1. The number of aromatic nitrogens is 3. The summed E-state index contributed by atoms with van der Waals surface area (Å²) in [7, 11) is 1.76. The number of nitrogen functional groups attached to an aromatic ring is 1. The summed E-state index contributed by atoms with van der Waals surface area (Å²) in [6.45, 7) is 1.43. The average Bonchev–Trinajstić information content (AvgIpc) is 3.41. The Morgan fingerprint density at radius 2 is 2.16 bits per heavy atom. The van der Waals surface area contributed by atoms with Gasteiger partial charge in [-0.1, -0.05) is 17.4 Å². The lowest BCUT2D eigenvalue weighted by Crippen LogP contribution is -2.24. The smallest absolute Gasteiger partial charge is 0.277 e. The standard InChI is InChI=1S/C20H19F2N7OS/c1-28-20(29-8-6-11(10-29)5-7-23)14(9-25-28)26-18(30)16-17(24)31-19(27-16)15-12(21)3-2-4-13(15)22/h2-4,9,11H,5-6,8,10,24H2,1H3,(H,26,30). The molecule has 1 aromatic carbocycles. The second-order valence-corrected chi connectivity index (χ2v) is 8.28. The van der Waals surface area contributed by atoms with Crippen molar-refractivity contribution in [1.82, 2.24) is 14.8 Å². The molecule has 1 atom stereocenters. The number of rotatable bonds is 5. The maximum atomic E-state index is 14.1. The van der Waals surface area contributed by atoms with Crippen LogP contribution in [0, 0.1) is 28.9 Å². The fraction of sp³-hybridized carbons (Fsp3) is 0.300. The maximum Gasteiger partial charge on any atom is 0.277 e. The Kier molecular flexibility index (Phi) is 5.56. The van der Waals surface area contributed by atoms with E-state index in [9.17, 15) is 13.6 Å². The predicted molar refractivity (Wildman–Crippen MR) is 114 cm³/mol. The first kappa shape index (κ1) is 20.7. The first-order valence-corrected chi connectivity index (χ1v) is 10.4. The maximum absolute atomic E-state index is 14.1. The molecule has 160 valence electrons. The number of hydrogen-bond acceptors (Lipinski definition) is 7. The quantitative estimate of drug-likeness (QED) is 0.625. The SMILES string of the molecule is Cn1ncc(NC(=O)c2nc(-c3c(F)cccc3F)sc2N)c1N1CCC(CC#N)C1. The first-order valence-electron chi connectivity index (χ1n) is 9.55. The fourth-order valence-corrected chi connectivity index (χ4v) is 4.58. The van der Waals surface area contributed by atoms with Crippen LogP contribution in [-0.2, 0) is 7.05 Å². The number of amides is 1. The van der Waals surface area contributed by atoms with Crippen molar-refractivity contribution in [1.29, 1.82) is 5.26 Å². The third-order valence-electron chi connectivity index (χ3n) is 5.17. The molecular weight excluding hydrogens is 424 g/mol. The zero-order valence-corrected chi connectivity index (χ0v) is 17.4. The Labute approximate surface area is 180 Å². The minimum Gasteiger partial charge on any atom is -0.389 e. The van der Waals surface area contributed by atoms with Crippen LogP contribution in [0.15, 0.2) is 24.4 Å². The zero-order valence-electron chi connectivity index (χ0n) is 16.6. The van der Waals surface area contributed by atoms with Gasteiger partial charge in [-0.15, -0.1) is 0 Å². The molecule has 1 unspecified atom stereocenters. The predicted octanol–water partition coefficient (Wildman–Crippen LogP) is 3.40. The lowest BCUT2D eigenvalue weighted by molar-refractivity contribution is 0.102. The molecule has 0 aliphatic carbocycles. The van der Waals surface area contributed by atoms with Crippen LogP contribution in [0.5, 0.6) is 0 Å². The zero-order chi connectivity index (χ0) is 22.1. The van der Waals surface area contributed by atoms with Crippen molar-refractivity contribution >= 4 is 33.8 Å². The molecule has 0 saturated carbocycles. The summed E-state index contributed by atoms with van der Waals surface area (Å²) in [5, 5.41) is 16.0. The molecule has 31 heavy (non-hydrogen) atoms. The molecule has 8 nitrogen and oxygen atoms in total. The van der Waals surface area contributed by atoms with Crippen molar-refractivity contribution in [2.45, 2.75) is 12.8 Å². The number of thiazole rings is 1. The van der Waals surface area contributed by atoms with Crippen LogP contribution in [0.4, 0.5) is 25.3 Å². The highest BCUT2D eigenvalue weighted by Gasteiger charge is 2.28. The summed E-state index contributed by atoms with van der Waals surface area (Å²) in [5.41, 5.74) is 5.98. The molecule has 1 aliphatic heterocycles. The molecule has 1 aliphatic rings. The van der Waals surface area contributed by atoms with Crippen molar-refractivity contribution in [2.24, 2.45) is 13.0 Å². The number of hydrogen-bond donors (Lipinski definition) is 2. The normalized spacial score (nSPS) is 15.8. The fourth-order valence-electron chi connectivity index (χ4n) is 3.70. The third kappa shape index (κ3) is 3.94. The number of nitrogens with zero attached hydrogens (tertiary/aromatic N) is 5. The van der Waals surface area contributed by atoms with Crippen LogP contribution in [0.2, 0.25) is 0 Å². The van der Waals surface area contributed by atoms with E-state index in [0.29, 0.717) is 24.5 Å². The molecule has 3 aromatic rings. The van der Waals surface area contributed by atoms with Gasteiger partial charge < -0.3 is 16.0 Å². The van der Waals surface area contributed by atoms with Gasteiger partial charge in [-0.25, -0.2) is 13.8 Å². The largest absolute Gasteiger partial charge is 0.389 e. The summed E-state index contributed by atoms with van der Waals surface area (Å²) in [6, 6.07) is 5.68. The molecule has 1 amide bonds. The number of carbonyl (C=O) groups is 1. The highest BCUT2D eigenvalue weighted by Crippen LogP contribution is 2.35. The average molecular weight is 443 g/mol. The summed E-state index contributed by atoms with van der Waals surface area (Å²) in [6.07, 6.45) is 2.87. The minimum atomic E-state index is -0.781. The second kappa shape index (κ2) is 8.31. The van der Waals surface area contributed by atoms with Crippen LogP contribution >= 0.6 is 11.3 Å². The van der Waals surface area contributed by atoms with E-state index in [-0.39, 0.29) is 27.2 Å². The van der Waals surface area contributed by atoms with Crippen molar-refractivity contribution in [3.63, 3.8) is 0 Å². The second-order valence-electron chi connectivity index (χ2n) is 7.25. The Bertz CT molecular complexity index is 1160. The number of anilines is 3. The Morgan fingerprint density at radius 1 is 1.42 bits per heavy atom. The molecule has 1 fully saturated rings. The molecule has 0 radical (unpaired) electrons. The molecule has 11 heteroatoms. The van der Waals surface area contributed by atoms with Crippen molar-refractivity contribution in [3.8, 4) is 16.6 Å². The summed E-state index contributed by atoms with van der Waals surface area (Å²) in [4.78, 5) is 19.0. The Morgan fingerprint density at radius 3 is 2.87 bits per heavy atom. The van der Waals surface area contributed by atoms with Crippen LogP contribution in [0.1, 0.15) is 23.3 Å². The highest BCUT2D eigenvalue weighted by atomic mass is 32.1. The first-order chi connectivity index (χ1) is 14.9. The van der Waals surface area contributed by atoms with Crippen LogP contribution < -0.4 is 16.0 Å². The van der Waals surface area contributed by atoms with E-state index < -0.39 is 17.5 Å². The van der Waals surface area contributed by atoms with Crippen molar-refractivity contribution < 1.29 is 13.6 Å². The van der Waals surface area contributed by atoms with E-state index in [1.165, 1.54) is 12.3 Å². The molecule has 0 bridgehead atoms. The lowest BCUT2D eigenvalue weighted by Gasteiger charge is -2.20. The number of nitrogens with two attached hydrogens (primary N) is 1. The number of halogens is 2. The van der Waals surface area contributed by atoms with Gasteiger partial charge in [0, 0.05) is 26.6 Å². The van der Waals surface area contributed by atoms with Crippen molar-refractivity contribution in [2.75, 3.05) is 29.0 Å². The van der Waals surface area contributed by atoms with E-state index >= 15 is 0 Å². The van der Waals surface area contributed by atoms with Gasteiger partial charge in [-0.05, 0) is 24.5 Å². The van der Waals surface area contributed by atoms with Gasteiger partial charge >= 0.3 is 0 Å². The third-order valence-corrected chi connectivity index (χ3v) is 6.07. The van der Waals surface area contributed by atoms with Gasteiger partial charge in [0.05, 0.1) is 17.8 Å². The van der Waals surface area contributed by atoms with Gasteiger partial charge in [-0.3, -0.25) is 9.48 Å². The van der Waals surface area contributed by atoms with E-state index in [0.717, 1.165) is 36.4 Å². The number of aryl methyl sites for hydroxylation is 1. The van der Waals surface area contributed by atoms with Gasteiger partial charge in [0.15, 0.2) is 11.5 Å². The summed E-state index contributed by atoms with van der Waals surface area (Å²) >= 11 is 0.839. The van der Waals surface area contributed by atoms with Crippen LogP contribution in [0.3, 0.4) is 0 Å². The van der Waals surface area contributed by atoms with E-state index in [1.54, 1.807) is 11.7 Å². The molecule has 3 N–H and O–H groups in total. The Balaban J connectivity index is 1.58. The van der Waals surface area contributed by atoms with Crippen LogP contribution in [0.25, 0.3) is 10.6 Å². The number of benzene rings is 1. The summed E-state index contributed by atoms with van der Waals surface area (Å²) < 4.78 is 29.8. The monoisotopic (exact) mass is 443 g/mol. The van der Waals surface area contributed by atoms with Crippen LogP contribution in [-0.4, -0.2) is 33.8 Å². The van der Waals surface area contributed by atoms with Crippen molar-refractivity contribution in [3.05, 3.63) is 41.7 Å². The van der Waals surface area contributed by atoms with E-state index in [1.807, 2.05) is 0 Å². The van der Waals surface area contributed by atoms with Gasteiger partial charge in [-0.2, -0.15) is 10.4 Å². The van der Waals surface area contributed by atoms with E-state index in [2.05, 4.69) is 26.4 Å². The summed E-state index contributed by atoms with van der Waals surface area (Å²) in [5.74, 6) is -1.19. The molecular formula is C20H19F2N7OS. The Hall–Kier alpha value is -3.52. The van der Waals surface area contributed by atoms with Gasteiger partial charge in [0.2, 0.25) is 0 Å². The number of nitriles is 1. The molecule has 0 spiro atoms. The number of nitrogens with one attached hydrogen (secondary N) is 1.